The van der Waals surface area contributed by atoms with Gasteiger partial charge >= 0.3 is 0 Å². The average Bonchev–Trinajstić information content (AvgIpc) is 2.86. The third kappa shape index (κ3) is 4.03. The number of thioether (sulfide) groups is 1. The lowest BCUT2D eigenvalue weighted by molar-refractivity contribution is -0.127. The predicted octanol–water partition coefficient (Wildman–Crippen LogP) is 3.98. The molecule has 0 atom stereocenters. The number of amides is 3. The van der Waals surface area contributed by atoms with Gasteiger partial charge in [0.05, 0.1) is 4.91 Å². The van der Waals surface area contributed by atoms with E-state index in [1.54, 1.807) is 6.08 Å². The number of benzene rings is 2. The van der Waals surface area contributed by atoms with Crippen molar-refractivity contribution in [3.05, 3.63) is 70.1 Å². The van der Waals surface area contributed by atoms with Crippen LogP contribution in [0.3, 0.4) is 0 Å². The summed E-state index contributed by atoms with van der Waals surface area (Å²) < 4.78 is 0. The molecule has 0 saturated carbocycles. The first-order valence-electron chi connectivity index (χ1n) is 8.11. The van der Waals surface area contributed by atoms with Crippen molar-refractivity contribution in [2.75, 3.05) is 11.9 Å². The Balaban J connectivity index is 1.69. The molecule has 5 nitrogen and oxygen atoms in total. The maximum absolute atomic E-state index is 12.5. The highest BCUT2D eigenvalue weighted by Gasteiger charge is 2.36. The number of carbonyl (C=O) groups is 3. The van der Waals surface area contributed by atoms with Crippen LogP contribution in [-0.2, 0) is 9.59 Å². The summed E-state index contributed by atoms with van der Waals surface area (Å²) in [5.74, 6) is -0.847. The number of carbonyl (C=O) groups excluding carboxylic acids is 3. The van der Waals surface area contributed by atoms with Gasteiger partial charge in [0, 0.05) is 5.69 Å². The van der Waals surface area contributed by atoms with E-state index in [4.69, 9.17) is 0 Å². The van der Waals surface area contributed by atoms with Crippen LogP contribution in [0.15, 0.2) is 53.4 Å². The second kappa shape index (κ2) is 7.58. The highest BCUT2D eigenvalue weighted by Crippen LogP contribution is 2.32. The van der Waals surface area contributed by atoms with Gasteiger partial charge in [0.25, 0.3) is 11.1 Å². The van der Waals surface area contributed by atoms with Crippen molar-refractivity contribution in [1.82, 2.24) is 4.90 Å². The van der Waals surface area contributed by atoms with Crippen molar-refractivity contribution < 1.29 is 14.4 Å². The molecule has 0 bridgehead atoms. The van der Waals surface area contributed by atoms with Gasteiger partial charge in [-0.3, -0.25) is 19.3 Å². The summed E-state index contributed by atoms with van der Waals surface area (Å²) in [5.41, 5.74) is 3.53. The van der Waals surface area contributed by atoms with E-state index in [0.29, 0.717) is 10.6 Å². The van der Waals surface area contributed by atoms with E-state index in [2.05, 4.69) is 5.32 Å². The molecule has 2 aromatic rings. The van der Waals surface area contributed by atoms with Gasteiger partial charge in [-0.2, -0.15) is 0 Å². The highest BCUT2D eigenvalue weighted by atomic mass is 32.2. The van der Waals surface area contributed by atoms with Crippen molar-refractivity contribution in [3.8, 4) is 0 Å². The fourth-order valence-electron chi connectivity index (χ4n) is 2.62. The highest BCUT2D eigenvalue weighted by molar-refractivity contribution is 8.18. The minimum Gasteiger partial charge on any atom is -0.324 e. The molecule has 1 N–H and O–H groups in total. The van der Waals surface area contributed by atoms with Crippen molar-refractivity contribution in [2.45, 2.75) is 13.8 Å². The van der Waals surface area contributed by atoms with E-state index in [1.807, 2.05) is 62.4 Å². The van der Waals surface area contributed by atoms with Crippen LogP contribution in [0.2, 0.25) is 0 Å². The van der Waals surface area contributed by atoms with Crippen LogP contribution in [0.5, 0.6) is 0 Å². The van der Waals surface area contributed by atoms with Crippen molar-refractivity contribution in [1.29, 1.82) is 0 Å². The lowest BCUT2D eigenvalue weighted by Crippen LogP contribution is -2.36. The van der Waals surface area contributed by atoms with E-state index in [1.165, 1.54) is 0 Å². The third-order valence-electron chi connectivity index (χ3n) is 3.93. The molecule has 6 heteroatoms. The molecule has 26 heavy (non-hydrogen) atoms. The summed E-state index contributed by atoms with van der Waals surface area (Å²) in [6.07, 6.45) is 1.66. The Bertz CT molecular complexity index is 907. The molecule has 3 rings (SSSR count). The first-order chi connectivity index (χ1) is 12.4. The minimum absolute atomic E-state index is 0.301. The molecule has 1 aliphatic rings. The van der Waals surface area contributed by atoms with E-state index in [-0.39, 0.29) is 6.54 Å². The summed E-state index contributed by atoms with van der Waals surface area (Å²) in [6, 6.07) is 14.9. The zero-order chi connectivity index (χ0) is 18.7. The molecule has 0 aliphatic carbocycles. The maximum atomic E-state index is 12.5. The Kier molecular flexibility index (Phi) is 5.23. The van der Waals surface area contributed by atoms with Crippen molar-refractivity contribution in [2.24, 2.45) is 0 Å². The molecule has 0 radical (unpaired) electrons. The molecule has 2 aromatic carbocycles. The van der Waals surface area contributed by atoms with E-state index in [9.17, 15) is 14.4 Å². The Morgan fingerprint density at radius 2 is 1.85 bits per heavy atom. The van der Waals surface area contributed by atoms with Crippen LogP contribution in [-0.4, -0.2) is 28.5 Å². The average molecular weight is 366 g/mol. The van der Waals surface area contributed by atoms with Gasteiger partial charge in [-0.15, -0.1) is 0 Å². The van der Waals surface area contributed by atoms with Gasteiger partial charge in [0.15, 0.2) is 0 Å². The quantitative estimate of drug-likeness (QED) is 0.831. The SMILES string of the molecule is Cc1ccc(NC(=O)CN2C(=O)S/C(=C/c3ccccc3)C2=O)c(C)c1. The zero-order valence-electron chi connectivity index (χ0n) is 14.5. The molecule has 1 fully saturated rings. The number of hydrogen-bond acceptors (Lipinski definition) is 4. The zero-order valence-corrected chi connectivity index (χ0v) is 15.3. The van der Waals surface area contributed by atoms with Gasteiger partial charge < -0.3 is 5.32 Å². The molecule has 1 aliphatic heterocycles. The Morgan fingerprint density at radius 3 is 2.54 bits per heavy atom. The lowest BCUT2D eigenvalue weighted by Gasteiger charge is -2.14. The third-order valence-corrected chi connectivity index (χ3v) is 4.84. The number of imide groups is 1. The second-order valence-corrected chi connectivity index (χ2v) is 7.04. The Morgan fingerprint density at radius 1 is 1.12 bits per heavy atom. The molecule has 1 heterocycles. The van der Waals surface area contributed by atoms with Crippen LogP contribution >= 0.6 is 11.8 Å². The van der Waals surface area contributed by atoms with Crippen molar-refractivity contribution >= 4 is 40.6 Å². The van der Waals surface area contributed by atoms with Gasteiger partial charge in [0.1, 0.15) is 6.54 Å². The molecular formula is C20H18N2O3S. The minimum atomic E-state index is -0.445. The molecule has 0 unspecified atom stereocenters. The number of anilines is 1. The second-order valence-electron chi connectivity index (χ2n) is 6.05. The van der Waals surface area contributed by atoms with Crippen LogP contribution in [0.1, 0.15) is 16.7 Å². The first kappa shape index (κ1) is 17.9. The van der Waals surface area contributed by atoms with Gasteiger partial charge in [0.2, 0.25) is 5.91 Å². The van der Waals surface area contributed by atoms with Gasteiger partial charge in [-0.05, 0) is 48.9 Å². The number of nitrogens with one attached hydrogen (secondary N) is 1. The Hall–Kier alpha value is -2.86. The molecule has 0 spiro atoms. The number of aryl methyl sites for hydroxylation is 2. The monoisotopic (exact) mass is 366 g/mol. The standard InChI is InChI=1S/C20H18N2O3S/c1-13-8-9-16(14(2)10-13)21-18(23)12-22-19(24)17(26-20(22)25)11-15-6-4-3-5-7-15/h3-11H,12H2,1-2H3,(H,21,23)/b17-11+. The summed E-state index contributed by atoms with van der Waals surface area (Å²) in [6.45, 7) is 3.56. The first-order valence-corrected chi connectivity index (χ1v) is 8.93. The van der Waals surface area contributed by atoms with Crippen LogP contribution in [0.25, 0.3) is 6.08 Å². The molecule has 132 valence electrons. The molecule has 1 saturated heterocycles. The predicted molar refractivity (Wildman–Crippen MR) is 104 cm³/mol. The summed E-state index contributed by atoms with van der Waals surface area (Å²) in [7, 11) is 0. The number of rotatable bonds is 4. The fraction of sp³-hybridized carbons (Fsp3) is 0.150. The van der Waals surface area contributed by atoms with Crippen molar-refractivity contribution in [3.63, 3.8) is 0 Å². The number of nitrogens with zero attached hydrogens (tertiary/aromatic N) is 1. The maximum Gasteiger partial charge on any atom is 0.294 e. The largest absolute Gasteiger partial charge is 0.324 e. The fourth-order valence-corrected chi connectivity index (χ4v) is 3.46. The van der Waals surface area contributed by atoms with Gasteiger partial charge in [-0.25, -0.2) is 0 Å². The van der Waals surface area contributed by atoms with Gasteiger partial charge in [-0.1, -0.05) is 48.0 Å². The van der Waals surface area contributed by atoms with Crippen LogP contribution < -0.4 is 5.32 Å². The van der Waals surface area contributed by atoms with E-state index >= 15 is 0 Å². The van der Waals surface area contributed by atoms with E-state index < -0.39 is 17.1 Å². The summed E-state index contributed by atoms with van der Waals surface area (Å²) in [5, 5.41) is 2.32. The topological polar surface area (TPSA) is 66.5 Å². The van der Waals surface area contributed by atoms with Crippen LogP contribution in [0, 0.1) is 13.8 Å². The molecule has 0 aromatic heterocycles. The molecule has 3 amide bonds. The van der Waals surface area contributed by atoms with Crippen LogP contribution in [0.4, 0.5) is 10.5 Å². The summed E-state index contributed by atoms with van der Waals surface area (Å²) in [4.78, 5) is 38.2. The molecular weight excluding hydrogens is 348 g/mol. The smallest absolute Gasteiger partial charge is 0.294 e. The summed E-state index contributed by atoms with van der Waals surface area (Å²) >= 11 is 0.849. The number of hydrogen-bond donors (Lipinski definition) is 1. The normalized spacial score (nSPS) is 15.6. The van der Waals surface area contributed by atoms with E-state index in [0.717, 1.165) is 33.4 Å². The lowest BCUT2D eigenvalue weighted by atomic mass is 10.1. The Labute approximate surface area is 156 Å².